The molecule has 0 saturated heterocycles. The van der Waals surface area contributed by atoms with Crippen molar-refractivity contribution in [3.05, 3.63) is 29.8 Å². The Morgan fingerprint density at radius 1 is 1.35 bits per heavy atom. The predicted molar refractivity (Wildman–Crippen MR) is 93.0 cm³/mol. The molecule has 1 N–H and O–H groups in total. The van der Waals surface area contributed by atoms with Crippen LogP contribution in [0.25, 0.3) is 0 Å². The van der Waals surface area contributed by atoms with E-state index < -0.39 is 0 Å². The number of nitrogens with one attached hydrogen (secondary N) is 1. The number of nitrogens with zero attached hydrogens (tertiary/aromatic N) is 2. The van der Waals surface area contributed by atoms with Crippen molar-refractivity contribution in [3.8, 4) is 6.07 Å². The van der Waals surface area contributed by atoms with Crippen LogP contribution in [0.2, 0.25) is 0 Å². The zero-order valence-corrected chi connectivity index (χ0v) is 14.4. The van der Waals surface area contributed by atoms with Crippen molar-refractivity contribution in [2.45, 2.75) is 58.5 Å². The summed E-state index contributed by atoms with van der Waals surface area (Å²) in [7, 11) is 0. The van der Waals surface area contributed by atoms with Gasteiger partial charge in [0.2, 0.25) is 5.91 Å². The highest BCUT2D eigenvalue weighted by Gasteiger charge is 2.33. The number of hydrogen-bond donors (Lipinski definition) is 1. The molecule has 0 spiro atoms. The van der Waals surface area contributed by atoms with Gasteiger partial charge in [-0.3, -0.25) is 9.69 Å². The molecule has 1 saturated carbocycles. The fourth-order valence-corrected chi connectivity index (χ4v) is 2.88. The van der Waals surface area contributed by atoms with Crippen LogP contribution in [0.4, 0.5) is 5.69 Å². The number of carbonyl (C=O) groups excluding carboxylic acids is 1. The highest BCUT2D eigenvalue weighted by Crippen LogP contribution is 2.31. The molecule has 23 heavy (non-hydrogen) atoms. The molecule has 1 aromatic rings. The molecule has 4 heteroatoms. The first-order valence-electron chi connectivity index (χ1n) is 8.61. The second-order valence-corrected chi connectivity index (χ2v) is 6.58. The summed E-state index contributed by atoms with van der Waals surface area (Å²) in [4.78, 5) is 14.7. The molecule has 1 aliphatic carbocycles. The molecule has 1 fully saturated rings. The van der Waals surface area contributed by atoms with Crippen molar-refractivity contribution in [2.24, 2.45) is 5.92 Å². The average Bonchev–Trinajstić information content (AvgIpc) is 3.39. The molecular formula is C19H27N3O. The van der Waals surface area contributed by atoms with Crippen LogP contribution >= 0.6 is 0 Å². The van der Waals surface area contributed by atoms with Crippen LogP contribution in [0.5, 0.6) is 0 Å². The zero-order chi connectivity index (χ0) is 16.8. The van der Waals surface area contributed by atoms with Crippen LogP contribution in [0, 0.1) is 17.2 Å². The Hall–Kier alpha value is -1.86. The van der Waals surface area contributed by atoms with E-state index in [2.05, 4.69) is 37.1 Å². The fraction of sp³-hybridized carbons (Fsp3) is 0.579. The minimum atomic E-state index is 0.0386. The van der Waals surface area contributed by atoms with Gasteiger partial charge in [-0.2, -0.15) is 5.26 Å². The van der Waals surface area contributed by atoms with Crippen LogP contribution < -0.4 is 5.32 Å². The standard InChI is InChI=1S/C19H27N3O/c1-4-14(2)15(3)22(18-9-10-18)12-11-19(23)21-17-7-5-16(13-20)6-8-17/h5-8,14-15,18H,4,9-12H2,1-3H3,(H,21,23). The summed E-state index contributed by atoms with van der Waals surface area (Å²) in [5.74, 6) is 0.689. The number of benzene rings is 1. The van der Waals surface area contributed by atoms with Gasteiger partial charge < -0.3 is 5.32 Å². The third kappa shape index (κ3) is 5.07. The molecule has 1 aromatic carbocycles. The second kappa shape index (κ2) is 8.12. The molecular weight excluding hydrogens is 286 g/mol. The van der Waals surface area contributed by atoms with Crippen molar-refractivity contribution < 1.29 is 4.79 Å². The topological polar surface area (TPSA) is 56.1 Å². The van der Waals surface area contributed by atoms with Crippen molar-refractivity contribution in [1.29, 1.82) is 5.26 Å². The Kier molecular flexibility index (Phi) is 6.18. The van der Waals surface area contributed by atoms with Gasteiger partial charge in [-0.15, -0.1) is 0 Å². The molecule has 2 unspecified atom stereocenters. The zero-order valence-electron chi connectivity index (χ0n) is 14.4. The van der Waals surface area contributed by atoms with Crippen molar-refractivity contribution in [2.75, 3.05) is 11.9 Å². The Bertz CT molecular complexity index is 557. The molecule has 0 heterocycles. The van der Waals surface area contributed by atoms with Crippen LogP contribution in [-0.4, -0.2) is 29.4 Å². The third-order valence-corrected chi connectivity index (χ3v) is 4.90. The van der Waals surface area contributed by atoms with E-state index in [9.17, 15) is 4.79 Å². The first kappa shape index (κ1) is 17.5. The number of nitriles is 1. The van der Waals surface area contributed by atoms with Gasteiger partial charge in [0, 0.05) is 30.7 Å². The number of carbonyl (C=O) groups is 1. The lowest BCUT2D eigenvalue weighted by molar-refractivity contribution is -0.116. The Morgan fingerprint density at radius 3 is 2.52 bits per heavy atom. The lowest BCUT2D eigenvalue weighted by Crippen LogP contribution is -2.40. The van der Waals surface area contributed by atoms with Crippen molar-refractivity contribution in [1.82, 2.24) is 4.90 Å². The van der Waals surface area contributed by atoms with Gasteiger partial charge in [0.25, 0.3) is 0 Å². The minimum Gasteiger partial charge on any atom is -0.326 e. The molecule has 2 atom stereocenters. The number of amides is 1. The summed E-state index contributed by atoms with van der Waals surface area (Å²) >= 11 is 0. The normalized spacial score (nSPS) is 16.7. The van der Waals surface area contributed by atoms with E-state index in [-0.39, 0.29) is 5.91 Å². The summed E-state index contributed by atoms with van der Waals surface area (Å²) in [5.41, 5.74) is 1.35. The molecule has 0 bridgehead atoms. The molecule has 2 rings (SSSR count). The molecule has 0 radical (unpaired) electrons. The number of hydrogen-bond acceptors (Lipinski definition) is 3. The second-order valence-electron chi connectivity index (χ2n) is 6.58. The monoisotopic (exact) mass is 313 g/mol. The smallest absolute Gasteiger partial charge is 0.225 e. The van der Waals surface area contributed by atoms with Gasteiger partial charge >= 0.3 is 0 Å². The molecule has 124 valence electrons. The van der Waals surface area contributed by atoms with Crippen LogP contribution in [0.1, 0.15) is 52.0 Å². The van der Waals surface area contributed by atoms with Gasteiger partial charge in [0.1, 0.15) is 0 Å². The van der Waals surface area contributed by atoms with E-state index in [1.807, 2.05) is 0 Å². The third-order valence-electron chi connectivity index (χ3n) is 4.90. The quantitative estimate of drug-likeness (QED) is 0.794. The van der Waals surface area contributed by atoms with Crippen molar-refractivity contribution in [3.63, 3.8) is 0 Å². The molecule has 4 nitrogen and oxygen atoms in total. The maximum atomic E-state index is 12.2. The maximum Gasteiger partial charge on any atom is 0.225 e. The summed E-state index contributed by atoms with van der Waals surface area (Å²) in [6.07, 6.45) is 4.20. The Balaban J connectivity index is 1.85. The van der Waals surface area contributed by atoms with Gasteiger partial charge in [0.15, 0.2) is 0 Å². The maximum absolute atomic E-state index is 12.2. The molecule has 0 aliphatic heterocycles. The first-order valence-corrected chi connectivity index (χ1v) is 8.61. The number of rotatable bonds is 8. The van der Waals surface area contributed by atoms with Crippen LogP contribution in [-0.2, 0) is 4.79 Å². The summed E-state index contributed by atoms with van der Waals surface area (Å²) in [6, 6.07) is 10.3. The molecule has 1 aliphatic rings. The predicted octanol–water partition coefficient (Wildman–Crippen LogP) is 3.79. The van der Waals surface area contributed by atoms with Crippen molar-refractivity contribution >= 4 is 11.6 Å². The SMILES string of the molecule is CCC(C)C(C)N(CCC(=O)Nc1ccc(C#N)cc1)C1CC1. The highest BCUT2D eigenvalue weighted by atomic mass is 16.1. The summed E-state index contributed by atoms with van der Waals surface area (Å²) in [6.45, 7) is 7.62. The van der Waals surface area contributed by atoms with E-state index in [4.69, 9.17) is 5.26 Å². The van der Waals surface area contributed by atoms with Gasteiger partial charge in [-0.25, -0.2) is 0 Å². The average molecular weight is 313 g/mol. The van der Waals surface area contributed by atoms with E-state index in [1.54, 1.807) is 24.3 Å². The highest BCUT2D eigenvalue weighted by molar-refractivity contribution is 5.90. The van der Waals surface area contributed by atoms with Gasteiger partial charge in [-0.05, 0) is 49.9 Å². The van der Waals surface area contributed by atoms with Crippen LogP contribution in [0.15, 0.2) is 24.3 Å². The Morgan fingerprint density at radius 2 is 2.00 bits per heavy atom. The first-order chi connectivity index (χ1) is 11.0. The Labute approximate surface area is 139 Å². The number of anilines is 1. The van der Waals surface area contributed by atoms with E-state index in [0.29, 0.717) is 30.0 Å². The minimum absolute atomic E-state index is 0.0386. The van der Waals surface area contributed by atoms with Gasteiger partial charge in [-0.1, -0.05) is 20.3 Å². The van der Waals surface area contributed by atoms with E-state index in [0.717, 1.165) is 12.2 Å². The molecule has 0 aromatic heterocycles. The molecule has 1 amide bonds. The van der Waals surface area contributed by atoms with E-state index in [1.165, 1.54) is 19.3 Å². The van der Waals surface area contributed by atoms with Gasteiger partial charge in [0.05, 0.1) is 11.6 Å². The summed E-state index contributed by atoms with van der Waals surface area (Å²) < 4.78 is 0. The summed E-state index contributed by atoms with van der Waals surface area (Å²) in [5, 5.41) is 11.7. The lowest BCUT2D eigenvalue weighted by atomic mass is 9.99. The lowest BCUT2D eigenvalue weighted by Gasteiger charge is -2.33. The fourth-order valence-electron chi connectivity index (χ4n) is 2.88. The van der Waals surface area contributed by atoms with Crippen LogP contribution in [0.3, 0.4) is 0 Å². The largest absolute Gasteiger partial charge is 0.326 e. The van der Waals surface area contributed by atoms with E-state index >= 15 is 0 Å².